The predicted molar refractivity (Wildman–Crippen MR) is 132 cm³/mol. The highest BCUT2D eigenvalue weighted by Gasteiger charge is 2.34. The monoisotopic (exact) mass is 505 g/mol. The number of nitrogens with zero attached hydrogens (tertiary/aromatic N) is 1. The molecule has 1 amide bonds. The summed E-state index contributed by atoms with van der Waals surface area (Å²) < 4.78 is 5.95. The topological polar surface area (TPSA) is 101 Å². The molecule has 2 aromatic rings. The number of nitrogens with one attached hydrogen (secondary N) is 2. The van der Waals surface area contributed by atoms with Gasteiger partial charge in [-0.25, -0.2) is 9.78 Å². The van der Waals surface area contributed by atoms with E-state index in [0.717, 1.165) is 56.6 Å². The molecule has 4 rings (SSSR count). The zero-order valence-corrected chi connectivity index (χ0v) is 20.4. The number of aromatic nitrogens is 1. The van der Waals surface area contributed by atoms with Crippen molar-refractivity contribution >= 4 is 40.9 Å². The van der Waals surface area contributed by atoms with Gasteiger partial charge >= 0.3 is 5.97 Å². The Kier molecular flexibility index (Phi) is 8.29. The van der Waals surface area contributed by atoms with Crippen LogP contribution in [0.3, 0.4) is 0 Å². The van der Waals surface area contributed by atoms with Gasteiger partial charge in [0.2, 0.25) is 0 Å². The molecule has 0 spiro atoms. The van der Waals surface area contributed by atoms with Gasteiger partial charge in [0.25, 0.3) is 5.91 Å². The van der Waals surface area contributed by atoms with Crippen molar-refractivity contribution in [1.29, 1.82) is 0 Å². The summed E-state index contributed by atoms with van der Waals surface area (Å²) in [5.74, 6) is -0.459. The summed E-state index contributed by atoms with van der Waals surface area (Å²) in [5.41, 5.74) is 2.45. The first kappa shape index (κ1) is 24.8. The molecule has 1 fully saturated rings. The van der Waals surface area contributed by atoms with Gasteiger partial charge in [0.05, 0.1) is 21.7 Å². The normalized spacial score (nSPS) is 19.9. The average Bonchev–Trinajstić information content (AvgIpc) is 2.78. The maximum absolute atomic E-state index is 12.5. The Morgan fingerprint density at radius 3 is 2.71 bits per heavy atom. The van der Waals surface area contributed by atoms with Gasteiger partial charge in [-0.3, -0.25) is 4.79 Å². The fourth-order valence-electron chi connectivity index (χ4n) is 4.51. The highest BCUT2D eigenvalue weighted by atomic mass is 35.5. The minimum Gasteiger partial charge on any atom is -0.480 e. The van der Waals surface area contributed by atoms with Crippen LogP contribution in [0.4, 0.5) is 5.82 Å². The number of aliphatic carboxylic acids is 1. The van der Waals surface area contributed by atoms with Crippen molar-refractivity contribution in [3.05, 3.63) is 57.2 Å². The number of ether oxygens (including phenoxy) is 1. The number of hydrogen-bond acceptors (Lipinski definition) is 5. The molecule has 1 saturated carbocycles. The number of carbonyl (C=O) groups excluding carboxylic acids is 1. The summed E-state index contributed by atoms with van der Waals surface area (Å²) in [6.07, 6.45) is 6.03. The molecule has 0 unspecified atom stereocenters. The predicted octanol–water partition coefficient (Wildman–Crippen LogP) is 4.75. The zero-order valence-electron chi connectivity index (χ0n) is 18.9. The number of hydrogen-bond donors (Lipinski definition) is 3. The summed E-state index contributed by atoms with van der Waals surface area (Å²) in [4.78, 5) is 29.0. The number of amides is 1. The number of carbonyl (C=O) groups is 2. The highest BCUT2D eigenvalue weighted by molar-refractivity contribution is 6.39. The van der Waals surface area contributed by atoms with Crippen LogP contribution in [0.25, 0.3) is 0 Å². The van der Waals surface area contributed by atoms with Crippen molar-refractivity contribution in [2.75, 3.05) is 18.5 Å². The third kappa shape index (κ3) is 6.20. The molecule has 1 aliphatic heterocycles. The molecule has 34 heavy (non-hydrogen) atoms. The lowest BCUT2D eigenvalue weighted by Crippen LogP contribution is -2.45. The Morgan fingerprint density at radius 1 is 1.21 bits per heavy atom. The molecule has 1 aromatic heterocycles. The molecule has 9 heteroatoms. The molecule has 0 saturated heterocycles. The molecular formula is C25H29Cl2N3O4. The lowest BCUT2D eigenvalue weighted by atomic mass is 9.78. The van der Waals surface area contributed by atoms with Crippen molar-refractivity contribution in [3.8, 4) is 0 Å². The van der Waals surface area contributed by atoms with Crippen LogP contribution in [0.5, 0.6) is 0 Å². The Labute approximate surface area is 209 Å². The van der Waals surface area contributed by atoms with E-state index in [4.69, 9.17) is 32.9 Å². The third-order valence-electron chi connectivity index (χ3n) is 6.44. The summed E-state index contributed by atoms with van der Waals surface area (Å²) in [6.45, 7) is 1.63. The Morgan fingerprint density at radius 2 is 1.97 bits per heavy atom. The van der Waals surface area contributed by atoms with E-state index in [1.165, 1.54) is 5.56 Å². The number of benzene rings is 1. The molecule has 2 heterocycles. The first-order chi connectivity index (χ1) is 16.4. The number of carboxylic acid groups (broad SMARTS) is 1. The van der Waals surface area contributed by atoms with Crippen molar-refractivity contribution in [2.24, 2.45) is 5.92 Å². The van der Waals surface area contributed by atoms with Gasteiger partial charge in [-0.15, -0.1) is 0 Å². The number of aryl methyl sites for hydroxylation is 2. The summed E-state index contributed by atoms with van der Waals surface area (Å²) >= 11 is 12.1. The quantitative estimate of drug-likeness (QED) is 0.403. The molecular weight excluding hydrogens is 477 g/mol. The molecule has 182 valence electrons. The van der Waals surface area contributed by atoms with Gasteiger partial charge < -0.3 is 20.5 Å². The lowest BCUT2D eigenvalue weighted by molar-refractivity contribution is -0.140. The third-order valence-corrected chi connectivity index (χ3v) is 7.07. The van der Waals surface area contributed by atoms with Crippen LogP contribution in [0.15, 0.2) is 30.3 Å². The first-order valence-electron chi connectivity index (χ1n) is 11.7. The largest absolute Gasteiger partial charge is 0.480 e. The number of fused-ring (bicyclic) bond motifs is 1. The van der Waals surface area contributed by atoms with Crippen LogP contribution in [-0.4, -0.2) is 47.3 Å². The molecule has 0 bridgehead atoms. The zero-order chi connectivity index (χ0) is 24.1. The maximum atomic E-state index is 12.5. The average molecular weight is 506 g/mol. The van der Waals surface area contributed by atoms with Gasteiger partial charge in [0, 0.05) is 18.8 Å². The van der Waals surface area contributed by atoms with E-state index in [1.54, 1.807) is 18.2 Å². The Bertz CT molecular complexity index is 1020. The van der Waals surface area contributed by atoms with Crippen LogP contribution < -0.4 is 10.6 Å². The van der Waals surface area contributed by atoms with Crippen LogP contribution in [-0.2, 0) is 22.4 Å². The number of anilines is 1. The van der Waals surface area contributed by atoms with E-state index in [-0.39, 0.29) is 27.6 Å². The van der Waals surface area contributed by atoms with Crippen LogP contribution in [0.1, 0.15) is 53.7 Å². The van der Waals surface area contributed by atoms with Gasteiger partial charge in [-0.05, 0) is 74.6 Å². The van der Waals surface area contributed by atoms with E-state index >= 15 is 0 Å². The first-order valence-corrected chi connectivity index (χ1v) is 12.5. The van der Waals surface area contributed by atoms with E-state index in [2.05, 4.69) is 22.8 Å². The molecule has 7 nitrogen and oxygen atoms in total. The Hall–Kier alpha value is -2.35. The van der Waals surface area contributed by atoms with Crippen molar-refractivity contribution in [2.45, 2.75) is 57.1 Å². The van der Waals surface area contributed by atoms with E-state index in [0.29, 0.717) is 13.0 Å². The second-order valence-corrected chi connectivity index (χ2v) is 9.79. The van der Waals surface area contributed by atoms with Gasteiger partial charge in [0.1, 0.15) is 11.9 Å². The fourth-order valence-corrected chi connectivity index (χ4v) is 5.08. The van der Waals surface area contributed by atoms with Crippen LogP contribution in [0, 0.1) is 5.92 Å². The SMILES string of the molecule is O=C(N[C@@H](CC1CC(OCCCc2ccc3c(n2)NCCC3)C1)C(=O)O)c1c(Cl)cccc1Cl. The molecule has 1 atom stereocenters. The smallest absolute Gasteiger partial charge is 0.326 e. The van der Waals surface area contributed by atoms with E-state index in [1.807, 2.05) is 0 Å². The van der Waals surface area contributed by atoms with Crippen molar-refractivity contribution < 1.29 is 19.4 Å². The van der Waals surface area contributed by atoms with E-state index in [9.17, 15) is 14.7 Å². The lowest BCUT2D eigenvalue weighted by Gasteiger charge is -2.36. The van der Waals surface area contributed by atoms with Gasteiger partial charge in [0.15, 0.2) is 0 Å². The number of halogens is 2. The van der Waals surface area contributed by atoms with Crippen molar-refractivity contribution in [3.63, 3.8) is 0 Å². The molecule has 0 radical (unpaired) electrons. The van der Waals surface area contributed by atoms with Crippen LogP contribution >= 0.6 is 23.2 Å². The van der Waals surface area contributed by atoms with Gasteiger partial charge in [-0.2, -0.15) is 0 Å². The maximum Gasteiger partial charge on any atom is 0.326 e. The minimum atomic E-state index is -1.08. The summed E-state index contributed by atoms with van der Waals surface area (Å²) in [6, 6.07) is 7.98. The molecule has 1 aromatic carbocycles. The molecule has 1 aliphatic carbocycles. The highest BCUT2D eigenvalue weighted by Crippen LogP contribution is 2.34. The minimum absolute atomic E-state index is 0.0936. The molecule has 3 N–H and O–H groups in total. The van der Waals surface area contributed by atoms with Gasteiger partial charge in [-0.1, -0.05) is 35.3 Å². The van der Waals surface area contributed by atoms with Crippen molar-refractivity contribution in [1.82, 2.24) is 10.3 Å². The van der Waals surface area contributed by atoms with Crippen LogP contribution in [0.2, 0.25) is 10.0 Å². The second kappa shape index (κ2) is 11.4. The number of pyridine rings is 1. The van der Waals surface area contributed by atoms with E-state index < -0.39 is 17.9 Å². The second-order valence-electron chi connectivity index (χ2n) is 8.97. The summed E-state index contributed by atoms with van der Waals surface area (Å²) in [5, 5.41) is 15.9. The molecule has 2 aliphatic rings. The standard InChI is InChI=1S/C25H29Cl2N3O4/c26-19-6-1-7-20(27)22(19)24(31)30-21(25(32)33)14-15-12-18(13-15)34-11-3-5-17-9-8-16-4-2-10-28-23(16)29-17/h1,6-9,15,18,21H,2-5,10-14H2,(H,28,29)(H,30,31)(H,32,33)/t15?,18?,21-/m0/s1. The Balaban J connectivity index is 1.17. The number of carboxylic acids is 1. The number of rotatable bonds is 10. The fraction of sp³-hybridized carbons (Fsp3) is 0.480. The summed E-state index contributed by atoms with van der Waals surface area (Å²) in [7, 11) is 0.